The zero-order valence-electron chi connectivity index (χ0n) is 11.9. The van der Waals surface area contributed by atoms with Gasteiger partial charge in [0.1, 0.15) is 4.90 Å². The minimum absolute atomic E-state index is 0.00909. The summed E-state index contributed by atoms with van der Waals surface area (Å²) in [6.07, 6.45) is 2.75. The van der Waals surface area contributed by atoms with Crippen molar-refractivity contribution in [1.82, 2.24) is 9.62 Å². The largest absolute Gasteiger partial charge is 0.352 e. The molecule has 1 aromatic rings. The Labute approximate surface area is 130 Å². The second-order valence-corrected chi connectivity index (χ2v) is 7.28. The number of benzene rings is 1. The molecule has 1 aliphatic rings. The van der Waals surface area contributed by atoms with E-state index in [0.717, 1.165) is 19.3 Å². The maximum atomic E-state index is 12.7. The van der Waals surface area contributed by atoms with Gasteiger partial charge in [0.05, 0.1) is 5.02 Å². The molecule has 0 radical (unpaired) electrons. The maximum Gasteiger partial charge on any atom is 0.251 e. The Hall–Kier alpha value is -1.11. The van der Waals surface area contributed by atoms with Crippen molar-refractivity contribution in [3.63, 3.8) is 0 Å². The number of carbonyl (C=O) groups excluding carboxylic acids is 1. The van der Waals surface area contributed by atoms with Crippen molar-refractivity contribution in [2.24, 2.45) is 0 Å². The predicted octanol–water partition coefficient (Wildman–Crippen LogP) is 2.26. The first kappa shape index (κ1) is 16.3. The standard InChI is InChI=1S/C14H19ClN2O3S/c1-2-16-14(18)11-6-7-12(15)13(10-11)21(19,20)17-8-4-3-5-9-17/h6-7,10H,2-5,8-9H2,1H3,(H,16,18). The predicted molar refractivity (Wildman–Crippen MR) is 82.1 cm³/mol. The number of hydrogen-bond donors (Lipinski definition) is 1. The molecule has 1 fully saturated rings. The van der Waals surface area contributed by atoms with E-state index in [1.54, 1.807) is 6.92 Å². The van der Waals surface area contributed by atoms with Gasteiger partial charge in [0, 0.05) is 25.2 Å². The van der Waals surface area contributed by atoms with Crippen LogP contribution in [0.4, 0.5) is 0 Å². The third kappa shape index (κ3) is 3.56. The highest BCUT2D eigenvalue weighted by Crippen LogP contribution is 2.27. The van der Waals surface area contributed by atoms with Gasteiger partial charge in [-0.05, 0) is 38.0 Å². The quantitative estimate of drug-likeness (QED) is 0.921. The van der Waals surface area contributed by atoms with Crippen molar-refractivity contribution < 1.29 is 13.2 Å². The zero-order chi connectivity index (χ0) is 15.5. The summed E-state index contributed by atoms with van der Waals surface area (Å²) in [6, 6.07) is 4.35. The van der Waals surface area contributed by atoms with Crippen LogP contribution in [0.25, 0.3) is 0 Å². The molecule has 5 nitrogen and oxygen atoms in total. The van der Waals surface area contributed by atoms with Crippen molar-refractivity contribution in [2.45, 2.75) is 31.1 Å². The molecule has 21 heavy (non-hydrogen) atoms. The van der Waals surface area contributed by atoms with Crippen LogP contribution in [0.15, 0.2) is 23.1 Å². The monoisotopic (exact) mass is 330 g/mol. The van der Waals surface area contributed by atoms with E-state index in [-0.39, 0.29) is 15.8 Å². The van der Waals surface area contributed by atoms with E-state index in [4.69, 9.17) is 11.6 Å². The first-order valence-electron chi connectivity index (χ1n) is 7.04. The second kappa shape index (κ2) is 6.77. The molecule has 2 rings (SSSR count). The van der Waals surface area contributed by atoms with Gasteiger partial charge in [-0.2, -0.15) is 4.31 Å². The fourth-order valence-corrected chi connectivity index (χ4v) is 4.37. The summed E-state index contributed by atoms with van der Waals surface area (Å²) in [5.74, 6) is -0.302. The van der Waals surface area contributed by atoms with Crippen LogP contribution in [0.5, 0.6) is 0 Å². The van der Waals surface area contributed by atoms with E-state index in [1.807, 2.05) is 0 Å². The van der Waals surface area contributed by atoms with Crippen molar-refractivity contribution in [3.05, 3.63) is 28.8 Å². The lowest BCUT2D eigenvalue weighted by Crippen LogP contribution is -2.36. The Morgan fingerprint density at radius 1 is 1.29 bits per heavy atom. The summed E-state index contributed by atoms with van der Waals surface area (Å²) in [5, 5.41) is 2.80. The van der Waals surface area contributed by atoms with Crippen molar-refractivity contribution in [1.29, 1.82) is 0 Å². The lowest BCUT2D eigenvalue weighted by atomic mass is 10.2. The normalized spacial score (nSPS) is 16.7. The smallest absolute Gasteiger partial charge is 0.251 e. The molecule has 0 aliphatic carbocycles. The molecule has 0 unspecified atom stereocenters. The van der Waals surface area contributed by atoms with E-state index in [1.165, 1.54) is 22.5 Å². The van der Waals surface area contributed by atoms with Crippen molar-refractivity contribution in [2.75, 3.05) is 19.6 Å². The number of carbonyl (C=O) groups is 1. The van der Waals surface area contributed by atoms with Crippen LogP contribution in [0, 0.1) is 0 Å². The summed E-state index contributed by atoms with van der Waals surface area (Å²) in [6.45, 7) is 3.29. The minimum atomic E-state index is -3.64. The molecule has 0 saturated carbocycles. The molecule has 1 N–H and O–H groups in total. The van der Waals surface area contributed by atoms with Gasteiger partial charge in [0.25, 0.3) is 5.91 Å². The van der Waals surface area contributed by atoms with Gasteiger partial charge >= 0.3 is 0 Å². The van der Waals surface area contributed by atoms with Crippen LogP contribution in [0.2, 0.25) is 5.02 Å². The first-order valence-corrected chi connectivity index (χ1v) is 8.86. The van der Waals surface area contributed by atoms with Gasteiger partial charge < -0.3 is 5.32 Å². The van der Waals surface area contributed by atoms with Crippen LogP contribution in [0.3, 0.4) is 0 Å². The summed E-state index contributed by atoms with van der Waals surface area (Å²) in [5.41, 5.74) is 0.303. The van der Waals surface area contributed by atoms with Gasteiger partial charge in [-0.3, -0.25) is 4.79 Å². The van der Waals surface area contributed by atoms with Crippen LogP contribution < -0.4 is 5.32 Å². The number of sulfonamides is 1. The highest BCUT2D eigenvalue weighted by Gasteiger charge is 2.28. The van der Waals surface area contributed by atoms with E-state index in [2.05, 4.69) is 5.32 Å². The van der Waals surface area contributed by atoms with Gasteiger partial charge in [-0.25, -0.2) is 8.42 Å². The second-order valence-electron chi connectivity index (χ2n) is 4.97. The first-order chi connectivity index (χ1) is 9.96. The average molecular weight is 331 g/mol. The van der Waals surface area contributed by atoms with Gasteiger partial charge in [0.2, 0.25) is 10.0 Å². The molecule has 0 bridgehead atoms. The number of nitrogens with zero attached hydrogens (tertiary/aromatic N) is 1. The molecule has 1 saturated heterocycles. The molecule has 1 aliphatic heterocycles. The SMILES string of the molecule is CCNC(=O)c1ccc(Cl)c(S(=O)(=O)N2CCCCC2)c1. The fraction of sp³-hybridized carbons (Fsp3) is 0.500. The van der Waals surface area contributed by atoms with Crippen LogP contribution in [-0.2, 0) is 10.0 Å². The number of amides is 1. The lowest BCUT2D eigenvalue weighted by molar-refractivity contribution is 0.0955. The third-order valence-corrected chi connectivity index (χ3v) is 5.84. The molecule has 1 aromatic carbocycles. The Morgan fingerprint density at radius 2 is 1.95 bits per heavy atom. The highest BCUT2D eigenvalue weighted by molar-refractivity contribution is 7.89. The molecule has 1 heterocycles. The molecule has 1 amide bonds. The van der Waals surface area contributed by atoms with Gasteiger partial charge in [-0.1, -0.05) is 18.0 Å². The highest BCUT2D eigenvalue weighted by atomic mass is 35.5. The molecule has 0 spiro atoms. The van der Waals surface area contributed by atoms with Crippen molar-refractivity contribution in [3.8, 4) is 0 Å². The Kier molecular flexibility index (Phi) is 5.24. The molecule has 0 atom stereocenters. The van der Waals surface area contributed by atoms with E-state index >= 15 is 0 Å². The molecule has 116 valence electrons. The van der Waals surface area contributed by atoms with Crippen LogP contribution >= 0.6 is 11.6 Å². The minimum Gasteiger partial charge on any atom is -0.352 e. The molecular formula is C14H19ClN2O3S. The lowest BCUT2D eigenvalue weighted by Gasteiger charge is -2.26. The molecular weight excluding hydrogens is 312 g/mol. The number of hydrogen-bond acceptors (Lipinski definition) is 3. The zero-order valence-corrected chi connectivity index (χ0v) is 13.5. The topological polar surface area (TPSA) is 66.5 Å². The fourth-order valence-electron chi connectivity index (χ4n) is 2.35. The average Bonchev–Trinajstić information content (AvgIpc) is 2.48. The summed E-state index contributed by atoms with van der Waals surface area (Å²) >= 11 is 6.04. The van der Waals surface area contributed by atoms with Gasteiger partial charge in [0.15, 0.2) is 0 Å². The molecule has 0 aromatic heterocycles. The maximum absolute atomic E-state index is 12.7. The molecule has 7 heteroatoms. The summed E-state index contributed by atoms with van der Waals surface area (Å²) < 4.78 is 26.7. The Balaban J connectivity index is 2.37. The van der Waals surface area contributed by atoms with E-state index in [0.29, 0.717) is 25.2 Å². The summed E-state index contributed by atoms with van der Waals surface area (Å²) in [7, 11) is -3.64. The number of halogens is 1. The third-order valence-electron chi connectivity index (χ3n) is 3.46. The number of piperidine rings is 1. The Bertz CT molecular complexity index is 625. The number of nitrogens with one attached hydrogen (secondary N) is 1. The Morgan fingerprint density at radius 3 is 2.57 bits per heavy atom. The van der Waals surface area contributed by atoms with Crippen molar-refractivity contribution >= 4 is 27.5 Å². The van der Waals surface area contributed by atoms with Crippen LogP contribution in [-0.4, -0.2) is 38.3 Å². The summed E-state index contributed by atoms with van der Waals surface area (Å²) in [4.78, 5) is 11.9. The van der Waals surface area contributed by atoms with Gasteiger partial charge in [-0.15, -0.1) is 0 Å². The van der Waals surface area contributed by atoms with E-state index < -0.39 is 10.0 Å². The number of rotatable bonds is 4. The van der Waals surface area contributed by atoms with Crippen LogP contribution in [0.1, 0.15) is 36.5 Å². The van der Waals surface area contributed by atoms with E-state index in [9.17, 15) is 13.2 Å².